The van der Waals surface area contributed by atoms with Crippen LogP contribution in [0.1, 0.15) is 29.8 Å². The first-order valence-corrected chi connectivity index (χ1v) is 12.0. The monoisotopic (exact) mass is 495 g/mol. The van der Waals surface area contributed by atoms with Crippen LogP contribution in [0.4, 0.5) is 20.3 Å². The highest BCUT2D eigenvalue weighted by Gasteiger charge is 2.33. The molecule has 8 nitrogen and oxygen atoms in total. The number of sulfonamides is 1. The van der Waals surface area contributed by atoms with Crippen molar-refractivity contribution in [2.45, 2.75) is 30.1 Å². The first-order chi connectivity index (χ1) is 15.5. The number of nitrogens with zero attached hydrogens (tertiary/aromatic N) is 3. The number of rotatable bonds is 4. The number of fused-ring (bicyclic) bond motifs is 1. The number of benzene rings is 2. The molecule has 2 heterocycles. The third-order valence-electron chi connectivity index (χ3n) is 5.26. The summed E-state index contributed by atoms with van der Waals surface area (Å²) in [7, 11) is -3.97. The van der Waals surface area contributed by atoms with Crippen molar-refractivity contribution < 1.29 is 22.0 Å². The Bertz CT molecular complexity index is 1340. The van der Waals surface area contributed by atoms with Gasteiger partial charge >= 0.3 is 0 Å². The normalized spacial score (nSPS) is 16.4. The number of carbonyl (C=O) groups excluding carboxylic acids is 1. The maximum absolute atomic E-state index is 13.9. The molecule has 33 heavy (non-hydrogen) atoms. The molecule has 1 saturated heterocycles. The SMILES string of the molecule is NS(=O)(=O)c1cccc(NC(=O)c2nc3ccc(Cl)cc3nc2N2CCCC(F)(F)CC2)c1. The maximum atomic E-state index is 13.9. The van der Waals surface area contributed by atoms with Crippen LogP contribution in [-0.4, -0.2) is 43.3 Å². The minimum absolute atomic E-state index is 0.00503. The minimum Gasteiger partial charge on any atom is -0.354 e. The Hall–Kier alpha value is -2.89. The van der Waals surface area contributed by atoms with Crippen molar-refractivity contribution in [1.29, 1.82) is 0 Å². The fourth-order valence-corrected chi connectivity index (χ4v) is 4.33. The number of halogens is 3. The second-order valence-electron chi connectivity index (χ2n) is 7.75. The lowest BCUT2D eigenvalue weighted by Gasteiger charge is -2.24. The number of primary sulfonamides is 1. The molecule has 1 aliphatic rings. The quantitative estimate of drug-likeness (QED) is 0.568. The molecule has 0 saturated carbocycles. The van der Waals surface area contributed by atoms with Crippen molar-refractivity contribution in [3.63, 3.8) is 0 Å². The van der Waals surface area contributed by atoms with E-state index in [4.69, 9.17) is 16.7 Å². The summed E-state index contributed by atoms with van der Waals surface area (Å²) >= 11 is 6.06. The number of hydrogen-bond donors (Lipinski definition) is 2. The van der Waals surface area contributed by atoms with Crippen LogP contribution < -0.4 is 15.4 Å². The average Bonchev–Trinajstić information content (AvgIpc) is 2.92. The van der Waals surface area contributed by atoms with Crippen LogP contribution in [0.3, 0.4) is 0 Å². The van der Waals surface area contributed by atoms with Crippen LogP contribution in [0.2, 0.25) is 5.02 Å². The molecule has 12 heteroatoms. The number of amides is 1. The molecule has 3 aromatic rings. The van der Waals surface area contributed by atoms with Crippen LogP contribution in [0.15, 0.2) is 47.4 Å². The molecule has 2 aromatic carbocycles. The molecule has 0 unspecified atom stereocenters. The summed E-state index contributed by atoms with van der Waals surface area (Å²) in [4.78, 5) is 23.6. The van der Waals surface area contributed by atoms with Crippen molar-refractivity contribution >= 4 is 50.1 Å². The van der Waals surface area contributed by atoms with E-state index in [0.29, 0.717) is 16.1 Å². The summed E-state index contributed by atoms with van der Waals surface area (Å²) in [5, 5.41) is 8.17. The molecule has 4 rings (SSSR count). The zero-order chi connectivity index (χ0) is 23.8. The average molecular weight is 496 g/mol. The van der Waals surface area contributed by atoms with E-state index in [2.05, 4.69) is 15.3 Å². The Labute approximate surface area is 193 Å². The van der Waals surface area contributed by atoms with E-state index in [1.807, 2.05) is 0 Å². The van der Waals surface area contributed by atoms with Crippen LogP contribution in [0.5, 0.6) is 0 Å². The number of anilines is 2. The Morgan fingerprint density at radius 1 is 1.09 bits per heavy atom. The molecular formula is C21H20ClF2N5O3S. The van der Waals surface area contributed by atoms with E-state index < -0.39 is 21.9 Å². The third kappa shape index (κ3) is 5.37. The van der Waals surface area contributed by atoms with Gasteiger partial charge in [-0.1, -0.05) is 17.7 Å². The summed E-state index contributed by atoms with van der Waals surface area (Å²) in [6.07, 6.45) is -0.405. The molecule has 0 spiro atoms. The molecule has 3 N–H and O–H groups in total. The first kappa shape index (κ1) is 23.3. The highest BCUT2D eigenvalue weighted by atomic mass is 35.5. The molecule has 0 atom stereocenters. The van der Waals surface area contributed by atoms with Gasteiger partial charge in [0.15, 0.2) is 11.5 Å². The summed E-state index contributed by atoms with van der Waals surface area (Å²) in [6.45, 7) is 0.270. The summed E-state index contributed by atoms with van der Waals surface area (Å²) in [5.41, 5.74) is 0.918. The zero-order valence-electron chi connectivity index (χ0n) is 17.3. The molecule has 1 fully saturated rings. The van der Waals surface area contributed by atoms with Gasteiger partial charge in [0.25, 0.3) is 5.91 Å². The Balaban J connectivity index is 1.74. The third-order valence-corrected chi connectivity index (χ3v) is 6.41. The van der Waals surface area contributed by atoms with Gasteiger partial charge in [-0.15, -0.1) is 0 Å². The minimum atomic E-state index is -3.97. The van der Waals surface area contributed by atoms with Gasteiger partial charge in [-0.2, -0.15) is 0 Å². The second-order valence-corrected chi connectivity index (χ2v) is 9.75. The van der Waals surface area contributed by atoms with E-state index in [1.165, 1.54) is 24.3 Å². The van der Waals surface area contributed by atoms with Crippen molar-refractivity contribution in [3.05, 3.63) is 53.2 Å². The molecule has 174 valence electrons. The lowest BCUT2D eigenvalue weighted by Crippen LogP contribution is -2.30. The first-order valence-electron chi connectivity index (χ1n) is 10.1. The van der Waals surface area contributed by atoms with Gasteiger partial charge in [0.2, 0.25) is 15.9 Å². The van der Waals surface area contributed by atoms with E-state index in [9.17, 15) is 22.0 Å². The topological polar surface area (TPSA) is 118 Å². The van der Waals surface area contributed by atoms with Crippen molar-refractivity contribution in [2.24, 2.45) is 5.14 Å². The maximum Gasteiger partial charge on any atom is 0.278 e. The molecule has 1 aromatic heterocycles. The molecular weight excluding hydrogens is 476 g/mol. The number of nitrogens with one attached hydrogen (secondary N) is 1. The van der Waals surface area contributed by atoms with Gasteiger partial charge in [-0.25, -0.2) is 32.3 Å². The van der Waals surface area contributed by atoms with Crippen LogP contribution in [0.25, 0.3) is 11.0 Å². The number of carbonyl (C=O) groups is 1. The van der Waals surface area contributed by atoms with Crippen LogP contribution in [-0.2, 0) is 10.0 Å². The van der Waals surface area contributed by atoms with Gasteiger partial charge < -0.3 is 10.2 Å². The van der Waals surface area contributed by atoms with Gasteiger partial charge in [0, 0.05) is 36.6 Å². The van der Waals surface area contributed by atoms with E-state index >= 15 is 0 Å². The number of nitrogens with two attached hydrogens (primary N) is 1. The summed E-state index contributed by atoms with van der Waals surface area (Å²) < 4.78 is 51.1. The molecule has 1 aliphatic heterocycles. The Kier molecular flexibility index (Phi) is 6.21. The summed E-state index contributed by atoms with van der Waals surface area (Å²) in [6, 6.07) is 10.2. The number of alkyl halides is 2. The predicted octanol–water partition coefficient (Wildman–Crippen LogP) is 3.81. The fourth-order valence-electron chi connectivity index (χ4n) is 3.61. The van der Waals surface area contributed by atoms with Crippen LogP contribution in [0, 0.1) is 0 Å². The Morgan fingerprint density at radius 2 is 1.88 bits per heavy atom. The van der Waals surface area contributed by atoms with Crippen molar-refractivity contribution in [1.82, 2.24) is 9.97 Å². The zero-order valence-corrected chi connectivity index (χ0v) is 18.8. The lowest BCUT2D eigenvalue weighted by atomic mass is 10.1. The lowest BCUT2D eigenvalue weighted by molar-refractivity contribution is -0.0102. The Morgan fingerprint density at radius 3 is 2.64 bits per heavy atom. The van der Waals surface area contributed by atoms with Gasteiger partial charge in [-0.3, -0.25) is 4.79 Å². The van der Waals surface area contributed by atoms with Crippen molar-refractivity contribution in [2.75, 3.05) is 23.3 Å². The fraction of sp³-hybridized carbons (Fsp3) is 0.286. The van der Waals surface area contributed by atoms with Gasteiger partial charge in [0.05, 0.1) is 15.9 Å². The largest absolute Gasteiger partial charge is 0.354 e. The predicted molar refractivity (Wildman–Crippen MR) is 121 cm³/mol. The molecule has 0 aliphatic carbocycles. The van der Waals surface area contributed by atoms with Gasteiger partial charge in [-0.05, 0) is 42.8 Å². The van der Waals surface area contributed by atoms with E-state index in [0.717, 1.165) is 0 Å². The molecule has 0 bridgehead atoms. The highest BCUT2D eigenvalue weighted by Crippen LogP contribution is 2.31. The van der Waals surface area contributed by atoms with E-state index in [-0.39, 0.29) is 54.4 Å². The summed E-state index contributed by atoms with van der Waals surface area (Å²) in [5.74, 6) is -3.31. The number of aromatic nitrogens is 2. The molecule has 1 amide bonds. The smallest absolute Gasteiger partial charge is 0.278 e. The molecule has 0 radical (unpaired) electrons. The van der Waals surface area contributed by atoms with E-state index in [1.54, 1.807) is 23.1 Å². The van der Waals surface area contributed by atoms with Gasteiger partial charge in [0.1, 0.15) is 0 Å². The standard InChI is InChI=1S/C21H20ClF2N5O3S/c22-13-5-6-16-17(11-13)28-19(29-9-2-7-21(23,24)8-10-29)18(27-16)20(30)26-14-3-1-4-15(12-14)33(25,31)32/h1,3-6,11-12H,2,7-10H2,(H,26,30)(H2,25,31,32). The second kappa shape index (κ2) is 8.81. The van der Waals surface area contributed by atoms with Crippen LogP contribution >= 0.6 is 11.6 Å². The highest BCUT2D eigenvalue weighted by molar-refractivity contribution is 7.89. The number of hydrogen-bond acceptors (Lipinski definition) is 6. The van der Waals surface area contributed by atoms with Crippen molar-refractivity contribution in [3.8, 4) is 0 Å².